The van der Waals surface area contributed by atoms with Gasteiger partial charge >= 0.3 is 6.03 Å². The van der Waals surface area contributed by atoms with Gasteiger partial charge in [0, 0.05) is 0 Å². The third-order valence-corrected chi connectivity index (χ3v) is 3.17. The molecule has 1 aromatic heterocycles. The predicted molar refractivity (Wildman–Crippen MR) is 48.0 cm³/mol. The van der Waals surface area contributed by atoms with E-state index in [4.69, 9.17) is 5.73 Å². The molecule has 0 aliphatic rings. The molecule has 0 saturated carbocycles. The quantitative estimate of drug-likeness (QED) is 0.613. The summed E-state index contributed by atoms with van der Waals surface area (Å²) in [6.45, 7) is 3.05. The number of nitrogens with one attached hydrogen (secondary N) is 2. The van der Waals surface area contributed by atoms with E-state index in [-0.39, 0.29) is 10.6 Å². The average molecular weight is 218 g/mol. The van der Waals surface area contributed by atoms with Crippen LogP contribution in [0.2, 0.25) is 0 Å². The van der Waals surface area contributed by atoms with E-state index in [0.717, 1.165) is 0 Å². The summed E-state index contributed by atoms with van der Waals surface area (Å²) in [4.78, 5) is 10.4. The molecule has 8 heteroatoms. The summed E-state index contributed by atoms with van der Waals surface area (Å²) in [5.74, 6) is 0. The molecule has 2 amide bonds. The molecule has 0 atom stereocenters. The molecule has 0 aromatic carbocycles. The molecule has 0 aliphatic carbocycles. The zero-order chi connectivity index (χ0) is 10.9. The summed E-state index contributed by atoms with van der Waals surface area (Å²) in [5, 5.41) is 6.19. The highest BCUT2D eigenvalue weighted by Gasteiger charge is 2.23. The summed E-state index contributed by atoms with van der Waals surface area (Å²) in [5.41, 5.74) is 5.37. The number of carbonyl (C=O) groups excluding carboxylic acids is 1. The lowest BCUT2D eigenvalue weighted by Crippen LogP contribution is -2.35. The minimum Gasteiger partial charge on any atom is -0.351 e. The Balaban J connectivity index is 3.23. The van der Waals surface area contributed by atoms with Gasteiger partial charge in [-0.25, -0.2) is 17.9 Å². The van der Waals surface area contributed by atoms with Crippen molar-refractivity contribution in [1.82, 2.24) is 14.9 Å². The van der Waals surface area contributed by atoms with Crippen LogP contribution >= 0.6 is 0 Å². The molecule has 0 bridgehead atoms. The summed E-state index contributed by atoms with van der Waals surface area (Å²) in [6.07, 6.45) is 0. The molecule has 78 valence electrons. The zero-order valence-electron chi connectivity index (χ0n) is 7.66. The van der Waals surface area contributed by atoms with Crippen molar-refractivity contribution in [2.24, 2.45) is 5.73 Å². The van der Waals surface area contributed by atoms with Crippen molar-refractivity contribution in [2.75, 3.05) is 0 Å². The molecule has 1 heterocycles. The molecular weight excluding hydrogens is 208 g/mol. The Hall–Kier alpha value is -1.57. The Morgan fingerprint density at radius 3 is 2.43 bits per heavy atom. The zero-order valence-corrected chi connectivity index (χ0v) is 8.47. The Kier molecular flexibility index (Phi) is 2.47. The lowest BCUT2D eigenvalue weighted by molar-refractivity contribution is 0.253. The van der Waals surface area contributed by atoms with E-state index in [0.29, 0.717) is 5.69 Å². The number of carbonyl (C=O) groups is 1. The molecule has 0 unspecified atom stereocenters. The third-order valence-electron chi connectivity index (χ3n) is 1.56. The van der Waals surface area contributed by atoms with E-state index >= 15 is 0 Å². The number of nitrogens with two attached hydrogens (primary N) is 1. The van der Waals surface area contributed by atoms with Gasteiger partial charge in [-0.05, 0) is 13.8 Å². The number of H-pyrrole nitrogens is 1. The number of hydrogen-bond donors (Lipinski definition) is 3. The van der Waals surface area contributed by atoms with Crippen LogP contribution in [0.5, 0.6) is 0 Å². The highest BCUT2D eigenvalue weighted by molar-refractivity contribution is 7.90. The van der Waals surface area contributed by atoms with Gasteiger partial charge < -0.3 is 5.73 Å². The average Bonchev–Trinajstić information content (AvgIpc) is 2.27. The van der Waals surface area contributed by atoms with Gasteiger partial charge in [-0.3, -0.25) is 5.10 Å². The van der Waals surface area contributed by atoms with Crippen LogP contribution in [-0.2, 0) is 10.0 Å². The molecule has 1 rings (SSSR count). The first kappa shape index (κ1) is 10.5. The standard InChI is InChI=1S/C6H10N4O3S/c1-3-5(4(2)9-8-3)14(12,13)10-6(7)11/h1-2H3,(H,8,9)(H3,7,10,11). The van der Waals surface area contributed by atoms with Crippen molar-refractivity contribution in [2.45, 2.75) is 18.7 Å². The van der Waals surface area contributed by atoms with Crippen molar-refractivity contribution in [3.8, 4) is 0 Å². The van der Waals surface area contributed by atoms with Gasteiger partial charge in [0.25, 0.3) is 10.0 Å². The van der Waals surface area contributed by atoms with Crippen LogP contribution < -0.4 is 10.5 Å². The van der Waals surface area contributed by atoms with Crippen LogP contribution in [0.1, 0.15) is 11.4 Å². The Morgan fingerprint density at radius 2 is 2.07 bits per heavy atom. The summed E-state index contributed by atoms with van der Waals surface area (Å²) >= 11 is 0. The molecule has 1 aromatic rings. The Morgan fingerprint density at radius 1 is 1.50 bits per heavy atom. The number of sulfonamides is 1. The summed E-state index contributed by atoms with van der Waals surface area (Å²) < 4.78 is 24.6. The van der Waals surface area contributed by atoms with Gasteiger partial charge in [-0.15, -0.1) is 0 Å². The highest BCUT2D eigenvalue weighted by Crippen LogP contribution is 2.15. The van der Waals surface area contributed by atoms with Crippen molar-refractivity contribution < 1.29 is 13.2 Å². The molecule has 0 aliphatic heterocycles. The summed E-state index contributed by atoms with van der Waals surface area (Å²) in [7, 11) is -3.90. The second kappa shape index (κ2) is 3.29. The molecule has 0 radical (unpaired) electrons. The molecule has 4 N–H and O–H groups in total. The van der Waals surface area contributed by atoms with E-state index in [1.54, 1.807) is 4.72 Å². The second-order valence-corrected chi connectivity index (χ2v) is 4.35. The topological polar surface area (TPSA) is 118 Å². The molecule has 0 saturated heterocycles. The van der Waals surface area contributed by atoms with E-state index in [9.17, 15) is 13.2 Å². The van der Waals surface area contributed by atoms with E-state index in [1.807, 2.05) is 0 Å². The van der Waals surface area contributed by atoms with Gasteiger partial charge in [-0.1, -0.05) is 0 Å². The largest absolute Gasteiger partial charge is 0.351 e. The summed E-state index contributed by atoms with van der Waals surface area (Å²) in [6, 6.07) is -1.12. The van der Waals surface area contributed by atoms with Crippen LogP contribution in [0, 0.1) is 13.8 Å². The van der Waals surface area contributed by atoms with E-state index in [2.05, 4.69) is 10.2 Å². The number of hydrogen-bond acceptors (Lipinski definition) is 4. The van der Waals surface area contributed by atoms with Crippen molar-refractivity contribution >= 4 is 16.1 Å². The van der Waals surface area contributed by atoms with Crippen molar-refractivity contribution in [3.63, 3.8) is 0 Å². The fraction of sp³-hybridized carbons (Fsp3) is 0.333. The number of aromatic nitrogens is 2. The number of urea groups is 1. The number of rotatable bonds is 2. The van der Waals surface area contributed by atoms with E-state index < -0.39 is 16.1 Å². The first-order valence-corrected chi connectivity index (χ1v) is 5.16. The van der Waals surface area contributed by atoms with Gasteiger partial charge in [0.2, 0.25) is 0 Å². The minimum absolute atomic E-state index is 0.0451. The minimum atomic E-state index is -3.90. The van der Waals surface area contributed by atoms with Crippen LogP contribution in [0.25, 0.3) is 0 Å². The van der Waals surface area contributed by atoms with Crippen LogP contribution in [-0.4, -0.2) is 24.6 Å². The van der Waals surface area contributed by atoms with Crippen molar-refractivity contribution in [1.29, 1.82) is 0 Å². The maximum absolute atomic E-state index is 11.5. The third kappa shape index (κ3) is 1.84. The Labute approximate surface area is 80.7 Å². The molecule has 0 fully saturated rings. The SMILES string of the molecule is Cc1n[nH]c(C)c1S(=O)(=O)NC(N)=O. The second-order valence-electron chi connectivity index (χ2n) is 2.73. The normalized spacial score (nSPS) is 11.3. The fourth-order valence-corrected chi connectivity index (χ4v) is 2.37. The lowest BCUT2D eigenvalue weighted by atomic mass is 10.4. The molecular formula is C6H10N4O3S. The lowest BCUT2D eigenvalue weighted by Gasteiger charge is -2.03. The molecule has 14 heavy (non-hydrogen) atoms. The van der Waals surface area contributed by atoms with Crippen LogP contribution in [0.3, 0.4) is 0 Å². The highest BCUT2D eigenvalue weighted by atomic mass is 32.2. The first-order valence-electron chi connectivity index (χ1n) is 3.68. The predicted octanol–water partition coefficient (Wildman–Crippen LogP) is -0.616. The number of nitrogens with zero attached hydrogens (tertiary/aromatic N) is 1. The van der Waals surface area contributed by atoms with Gasteiger partial charge in [0.1, 0.15) is 4.90 Å². The Bertz CT molecular complexity index is 442. The van der Waals surface area contributed by atoms with E-state index in [1.165, 1.54) is 13.8 Å². The monoisotopic (exact) mass is 218 g/mol. The number of primary amides is 1. The first-order chi connectivity index (χ1) is 6.34. The van der Waals surface area contributed by atoms with Crippen LogP contribution in [0.15, 0.2) is 4.90 Å². The van der Waals surface area contributed by atoms with Crippen LogP contribution in [0.4, 0.5) is 4.79 Å². The van der Waals surface area contributed by atoms with Gasteiger partial charge in [-0.2, -0.15) is 5.10 Å². The maximum atomic E-state index is 11.5. The number of aromatic amines is 1. The molecule has 7 nitrogen and oxygen atoms in total. The smallest absolute Gasteiger partial charge is 0.326 e. The van der Waals surface area contributed by atoms with Gasteiger partial charge in [0.15, 0.2) is 0 Å². The number of aryl methyl sites for hydroxylation is 2. The van der Waals surface area contributed by atoms with Crippen molar-refractivity contribution in [3.05, 3.63) is 11.4 Å². The van der Waals surface area contributed by atoms with Gasteiger partial charge in [0.05, 0.1) is 11.4 Å². The fourth-order valence-electron chi connectivity index (χ4n) is 1.12. The number of amides is 2. The maximum Gasteiger partial charge on any atom is 0.326 e. The molecule has 0 spiro atoms.